The smallest absolute Gasteiger partial charge is 0.226 e. The molecule has 3 aromatic rings. The molecule has 0 saturated carbocycles. The van der Waals surface area contributed by atoms with Crippen LogP contribution in [0.2, 0.25) is 0 Å². The van der Waals surface area contributed by atoms with Crippen LogP contribution in [0.4, 0.5) is 0 Å². The van der Waals surface area contributed by atoms with Gasteiger partial charge in [-0.2, -0.15) is 4.98 Å². The standard InChI is InChI=1S/C24H27N3O3/c1-17(19-6-4-3-5-7-19)15-27-16-20(14-23(27)28)24-25-22(30-26-24)13-10-18-8-11-21(29-2)12-9-18/h3-9,11-12,17,20H,10,13-16H2,1-2H3. The molecule has 2 unspecified atom stereocenters. The number of nitrogens with zero attached hydrogens (tertiary/aromatic N) is 3. The lowest BCUT2D eigenvalue weighted by atomic mass is 10.0. The van der Waals surface area contributed by atoms with E-state index < -0.39 is 0 Å². The third-order valence-corrected chi connectivity index (χ3v) is 5.71. The summed E-state index contributed by atoms with van der Waals surface area (Å²) in [6, 6.07) is 18.3. The Morgan fingerprint density at radius 3 is 2.63 bits per heavy atom. The largest absolute Gasteiger partial charge is 0.497 e. The molecule has 30 heavy (non-hydrogen) atoms. The van der Waals surface area contributed by atoms with Gasteiger partial charge in [-0.1, -0.05) is 54.5 Å². The lowest BCUT2D eigenvalue weighted by Gasteiger charge is -2.21. The molecular weight excluding hydrogens is 378 g/mol. The summed E-state index contributed by atoms with van der Waals surface area (Å²) in [5.41, 5.74) is 2.43. The van der Waals surface area contributed by atoms with E-state index in [9.17, 15) is 4.79 Å². The first kappa shape index (κ1) is 20.1. The molecule has 0 bridgehead atoms. The van der Waals surface area contributed by atoms with E-state index in [0.29, 0.717) is 43.6 Å². The van der Waals surface area contributed by atoms with E-state index >= 15 is 0 Å². The number of ether oxygens (including phenoxy) is 1. The Balaban J connectivity index is 1.32. The summed E-state index contributed by atoms with van der Waals surface area (Å²) in [4.78, 5) is 19.0. The quantitative estimate of drug-likeness (QED) is 0.567. The number of rotatable bonds is 8. The third kappa shape index (κ3) is 4.70. The Bertz CT molecular complexity index is 969. The average molecular weight is 405 g/mol. The van der Waals surface area contributed by atoms with Crippen molar-refractivity contribution >= 4 is 5.91 Å². The summed E-state index contributed by atoms with van der Waals surface area (Å²) < 4.78 is 10.6. The fourth-order valence-corrected chi connectivity index (χ4v) is 3.92. The number of hydrogen-bond donors (Lipinski definition) is 0. The maximum absolute atomic E-state index is 12.5. The second-order valence-electron chi connectivity index (χ2n) is 7.91. The number of likely N-dealkylation sites (tertiary alicyclic amines) is 1. The van der Waals surface area contributed by atoms with E-state index in [1.165, 1.54) is 11.1 Å². The van der Waals surface area contributed by atoms with Crippen LogP contribution in [0.3, 0.4) is 0 Å². The minimum absolute atomic E-state index is 0.000963. The van der Waals surface area contributed by atoms with Crippen molar-refractivity contribution in [2.45, 2.75) is 38.0 Å². The van der Waals surface area contributed by atoms with E-state index in [1.807, 2.05) is 47.4 Å². The topological polar surface area (TPSA) is 68.5 Å². The Morgan fingerprint density at radius 2 is 1.90 bits per heavy atom. The summed E-state index contributed by atoms with van der Waals surface area (Å²) >= 11 is 0. The second-order valence-corrected chi connectivity index (χ2v) is 7.91. The second kappa shape index (κ2) is 9.11. The van der Waals surface area contributed by atoms with Gasteiger partial charge in [0.1, 0.15) is 5.75 Å². The fourth-order valence-electron chi connectivity index (χ4n) is 3.92. The van der Waals surface area contributed by atoms with E-state index in [2.05, 4.69) is 29.2 Å². The van der Waals surface area contributed by atoms with Crippen LogP contribution in [-0.4, -0.2) is 41.1 Å². The van der Waals surface area contributed by atoms with Crippen molar-refractivity contribution in [2.24, 2.45) is 0 Å². The Hall–Kier alpha value is -3.15. The zero-order chi connectivity index (χ0) is 20.9. The molecular formula is C24H27N3O3. The van der Waals surface area contributed by atoms with Crippen LogP contribution in [0, 0.1) is 0 Å². The minimum Gasteiger partial charge on any atom is -0.497 e. The van der Waals surface area contributed by atoms with Gasteiger partial charge in [0.25, 0.3) is 0 Å². The first-order valence-electron chi connectivity index (χ1n) is 10.4. The van der Waals surface area contributed by atoms with Crippen LogP contribution >= 0.6 is 0 Å². The highest BCUT2D eigenvalue weighted by molar-refractivity contribution is 5.79. The molecule has 2 atom stereocenters. The molecule has 1 aliphatic rings. The van der Waals surface area contributed by atoms with E-state index in [1.54, 1.807) is 7.11 Å². The first-order chi connectivity index (χ1) is 14.6. The van der Waals surface area contributed by atoms with Gasteiger partial charge in [0.05, 0.1) is 7.11 Å². The molecule has 1 fully saturated rings. The van der Waals surface area contributed by atoms with E-state index in [4.69, 9.17) is 9.26 Å². The number of amides is 1. The van der Waals surface area contributed by atoms with Gasteiger partial charge in [-0.25, -0.2) is 0 Å². The van der Waals surface area contributed by atoms with Crippen molar-refractivity contribution in [3.63, 3.8) is 0 Å². The summed E-state index contributed by atoms with van der Waals surface area (Å²) in [5.74, 6) is 2.55. The zero-order valence-corrected chi connectivity index (χ0v) is 17.5. The highest BCUT2D eigenvalue weighted by Gasteiger charge is 2.34. The SMILES string of the molecule is COc1ccc(CCc2nc(C3CC(=O)N(CC(C)c4ccccc4)C3)no2)cc1. The minimum atomic E-state index is -0.000963. The lowest BCUT2D eigenvalue weighted by Crippen LogP contribution is -2.29. The van der Waals surface area contributed by atoms with Gasteiger partial charge in [0.15, 0.2) is 5.82 Å². The molecule has 1 aromatic heterocycles. The molecule has 0 aliphatic carbocycles. The summed E-state index contributed by atoms with van der Waals surface area (Å²) in [6.45, 7) is 3.51. The van der Waals surface area contributed by atoms with Crippen molar-refractivity contribution < 1.29 is 14.1 Å². The predicted molar refractivity (Wildman–Crippen MR) is 113 cm³/mol. The highest BCUT2D eigenvalue weighted by atomic mass is 16.5. The molecule has 1 aliphatic heterocycles. The summed E-state index contributed by atoms with van der Waals surface area (Å²) in [7, 11) is 1.66. The summed E-state index contributed by atoms with van der Waals surface area (Å²) in [6.07, 6.45) is 1.93. The van der Waals surface area contributed by atoms with Crippen LogP contribution in [0.25, 0.3) is 0 Å². The van der Waals surface area contributed by atoms with Crippen LogP contribution in [-0.2, 0) is 17.6 Å². The Morgan fingerprint density at radius 1 is 1.13 bits per heavy atom. The Labute approximate surface area is 176 Å². The van der Waals surface area contributed by atoms with Gasteiger partial charge in [-0.3, -0.25) is 4.79 Å². The molecule has 2 aromatic carbocycles. The number of methoxy groups -OCH3 is 1. The van der Waals surface area contributed by atoms with E-state index in [-0.39, 0.29) is 11.8 Å². The summed E-state index contributed by atoms with van der Waals surface area (Å²) in [5, 5.41) is 4.16. The molecule has 6 heteroatoms. The van der Waals surface area contributed by atoms with Gasteiger partial charge in [-0.05, 0) is 35.6 Å². The zero-order valence-electron chi connectivity index (χ0n) is 17.5. The number of carbonyl (C=O) groups is 1. The van der Waals surface area contributed by atoms with Gasteiger partial charge in [0.2, 0.25) is 11.8 Å². The van der Waals surface area contributed by atoms with Crippen LogP contribution in [0.1, 0.15) is 48.0 Å². The molecule has 6 nitrogen and oxygen atoms in total. The van der Waals surface area contributed by atoms with Crippen molar-refractivity contribution in [3.05, 3.63) is 77.4 Å². The maximum Gasteiger partial charge on any atom is 0.226 e. The van der Waals surface area contributed by atoms with Gasteiger partial charge in [0, 0.05) is 31.8 Å². The highest BCUT2D eigenvalue weighted by Crippen LogP contribution is 2.28. The fraction of sp³-hybridized carbons (Fsp3) is 0.375. The number of carbonyl (C=O) groups excluding carboxylic acids is 1. The van der Waals surface area contributed by atoms with Gasteiger partial charge < -0.3 is 14.2 Å². The van der Waals surface area contributed by atoms with Crippen molar-refractivity contribution in [2.75, 3.05) is 20.2 Å². The Kier molecular flexibility index (Phi) is 6.12. The lowest BCUT2D eigenvalue weighted by molar-refractivity contribution is -0.127. The molecule has 1 saturated heterocycles. The van der Waals surface area contributed by atoms with Crippen LogP contribution < -0.4 is 4.74 Å². The first-order valence-corrected chi connectivity index (χ1v) is 10.4. The van der Waals surface area contributed by atoms with Crippen molar-refractivity contribution in [3.8, 4) is 5.75 Å². The van der Waals surface area contributed by atoms with Gasteiger partial charge >= 0.3 is 0 Å². The molecule has 156 valence electrons. The van der Waals surface area contributed by atoms with Crippen LogP contribution in [0.5, 0.6) is 5.75 Å². The maximum atomic E-state index is 12.5. The molecule has 2 heterocycles. The molecule has 1 amide bonds. The van der Waals surface area contributed by atoms with Crippen molar-refractivity contribution in [1.29, 1.82) is 0 Å². The monoisotopic (exact) mass is 405 g/mol. The van der Waals surface area contributed by atoms with E-state index in [0.717, 1.165) is 12.2 Å². The molecule has 0 N–H and O–H groups in total. The average Bonchev–Trinajstić information content (AvgIpc) is 3.40. The third-order valence-electron chi connectivity index (χ3n) is 5.71. The molecule has 0 spiro atoms. The normalized spacial score (nSPS) is 17.3. The molecule has 4 rings (SSSR count). The number of hydrogen-bond acceptors (Lipinski definition) is 5. The number of benzene rings is 2. The van der Waals surface area contributed by atoms with Gasteiger partial charge in [-0.15, -0.1) is 0 Å². The van der Waals surface area contributed by atoms with Crippen molar-refractivity contribution in [1.82, 2.24) is 15.0 Å². The van der Waals surface area contributed by atoms with Crippen LogP contribution in [0.15, 0.2) is 59.1 Å². The number of aromatic nitrogens is 2. The predicted octanol–water partition coefficient (Wildman–Crippen LogP) is 3.98. The number of aryl methyl sites for hydroxylation is 2. The molecule has 0 radical (unpaired) electrons.